The molecule has 2 nitrogen and oxygen atoms in total. The Hall–Kier alpha value is -1.15. The van der Waals surface area contributed by atoms with Crippen molar-refractivity contribution in [1.82, 2.24) is 0 Å². The Labute approximate surface area is 78.8 Å². The van der Waals surface area contributed by atoms with Gasteiger partial charge in [0, 0.05) is 12.5 Å². The largest absolute Gasteiger partial charge is 0.326 e. The van der Waals surface area contributed by atoms with Crippen molar-refractivity contribution in [2.24, 2.45) is 11.7 Å². The van der Waals surface area contributed by atoms with E-state index in [1.54, 1.807) is 0 Å². The molecule has 1 aromatic rings. The van der Waals surface area contributed by atoms with Crippen LogP contribution in [0.5, 0.6) is 0 Å². The number of rotatable bonds is 4. The van der Waals surface area contributed by atoms with Gasteiger partial charge in [-0.3, -0.25) is 0 Å². The molecule has 0 fully saturated rings. The smallest absolute Gasteiger partial charge is 0.123 e. The van der Waals surface area contributed by atoms with Gasteiger partial charge in [0.1, 0.15) is 6.29 Å². The van der Waals surface area contributed by atoms with Crippen LogP contribution in [0.25, 0.3) is 0 Å². The summed E-state index contributed by atoms with van der Waals surface area (Å²) in [6.07, 6.45) is 1.80. The fourth-order valence-electron chi connectivity index (χ4n) is 1.23. The number of benzene rings is 1. The minimum atomic E-state index is 0.101. The van der Waals surface area contributed by atoms with Crippen LogP contribution in [0.1, 0.15) is 18.1 Å². The molecule has 1 rings (SSSR count). The maximum absolute atomic E-state index is 10.4. The molecule has 0 heterocycles. The van der Waals surface area contributed by atoms with E-state index in [0.717, 1.165) is 18.3 Å². The number of aldehydes is 1. The van der Waals surface area contributed by atoms with Crippen molar-refractivity contribution in [3.63, 3.8) is 0 Å². The van der Waals surface area contributed by atoms with Crippen molar-refractivity contribution in [1.29, 1.82) is 0 Å². The summed E-state index contributed by atoms with van der Waals surface area (Å²) in [5, 5.41) is 0. The van der Waals surface area contributed by atoms with E-state index < -0.39 is 0 Å². The minimum Gasteiger partial charge on any atom is -0.326 e. The summed E-state index contributed by atoms with van der Waals surface area (Å²) in [6.45, 7) is 2.49. The molecule has 0 aliphatic rings. The van der Waals surface area contributed by atoms with Crippen molar-refractivity contribution in [2.75, 3.05) is 0 Å². The third-order valence-electron chi connectivity index (χ3n) is 2.05. The molecule has 0 aliphatic carbocycles. The van der Waals surface area contributed by atoms with E-state index in [4.69, 9.17) is 5.73 Å². The summed E-state index contributed by atoms with van der Waals surface area (Å²) in [6, 6.07) is 8.07. The SMILES string of the molecule is CC(C=O)Cc1ccc(CN)cc1. The lowest BCUT2D eigenvalue weighted by molar-refractivity contribution is -0.110. The average molecular weight is 177 g/mol. The van der Waals surface area contributed by atoms with Gasteiger partial charge in [-0.15, -0.1) is 0 Å². The maximum atomic E-state index is 10.4. The van der Waals surface area contributed by atoms with Crippen molar-refractivity contribution in [3.8, 4) is 0 Å². The fourth-order valence-corrected chi connectivity index (χ4v) is 1.23. The Balaban J connectivity index is 2.63. The van der Waals surface area contributed by atoms with Gasteiger partial charge in [-0.2, -0.15) is 0 Å². The molecule has 2 N–H and O–H groups in total. The summed E-state index contributed by atoms with van der Waals surface area (Å²) >= 11 is 0. The monoisotopic (exact) mass is 177 g/mol. The van der Waals surface area contributed by atoms with Crippen LogP contribution >= 0.6 is 0 Å². The summed E-state index contributed by atoms with van der Waals surface area (Å²) in [7, 11) is 0. The molecular formula is C11H15NO. The highest BCUT2D eigenvalue weighted by Gasteiger charge is 2.00. The van der Waals surface area contributed by atoms with Crippen LogP contribution < -0.4 is 5.73 Å². The first-order chi connectivity index (χ1) is 6.26. The molecule has 0 spiro atoms. The molecule has 0 radical (unpaired) electrons. The van der Waals surface area contributed by atoms with Gasteiger partial charge in [-0.1, -0.05) is 31.2 Å². The first-order valence-electron chi connectivity index (χ1n) is 4.49. The summed E-state index contributed by atoms with van der Waals surface area (Å²) in [5.41, 5.74) is 7.79. The second-order valence-electron chi connectivity index (χ2n) is 3.34. The third kappa shape index (κ3) is 2.99. The summed E-state index contributed by atoms with van der Waals surface area (Å²) < 4.78 is 0. The Morgan fingerprint density at radius 3 is 2.31 bits per heavy atom. The van der Waals surface area contributed by atoms with Gasteiger partial charge in [0.15, 0.2) is 0 Å². The normalized spacial score (nSPS) is 12.5. The zero-order valence-electron chi connectivity index (χ0n) is 7.86. The second-order valence-corrected chi connectivity index (χ2v) is 3.34. The minimum absolute atomic E-state index is 0.101. The van der Waals surface area contributed by atoms with Gasteiger partial charge < -0.3 is 10.5 Å². The van der Waals surface area contributed by atoms with Crippen LogP contribution in [0.15, 0.2) is 24.3 Å². The van der Waals surface area contributed by atoms with E-state index in [9.17, 15) is 4.79 Å². The zero-order valence-corrected chi connectivity index (χ0v) is 7.86. The zero-order chi connectivity index (χ0) is 9.68. The standard InChI is InChI=1S/C11H15NO/c1-9(8-13)6-10-2-4-11(7-12)5-3-10/h2-5,8-9H,6-7,12H2,1H3. The first kappa shape index (κ1) is 9.93. The van der Waals surface area contributed by atoms with Crippen LogP contribution in [0.2, 0.25) is 0 Å². The van der Waals surface area contributed by atoms with Crippen molar-refractivity contribution >= 4 is 6.29 Å². The van der Waals surface area contributed by atoms with E-state index in [-0.39, 0.29) is 5.92 Å². The lowest BCUT2D eigenvalue weighted by atomic mass is 10.0. The number of hydrogen-bond donors (Lipinski definition) is 1. The van der Waals surface area contributed by atoms with Crippen molar-refractivity contribution in [2.45, 2.75) is 19.9 Å². The Morgan fingerprint density at radius 2 is 1.85 bits per heavy atom. The first-order valence-corrected chi connectivity index (χ1v) is 4.49. The molecule has 0 aliphatic heterocycles. The molecule has 1 unspecified atom stereocenters. The fraction of sp³-hybridized carbons (Fsp3) is 0.364. The highest BCUT2D eigenvalue weighted by atomic mass is 16.1. The Morgan fingerprint density at radius 1 is 1.31 bits per heavy atom. The number of carbonyl (C=O) groups excluding carboxylic acids is 1. The van der Waals surface area contributed by atoms with Crippen LogP contribution in [-0.4, -0.2) is 6.29 Å². The van der Waals surface area contributed by atoms with E-state index in [1.165, 1.54) is 5.56 Å². The predicted molar refractivity (Wildman–Crippen MR) is 53.3 cm³/mol. The quantitative estimate of drug-likeness (QED) is 0.709. The number of carbonyl (C=O) groups is 1. The van der Waals surface area contributed by atoms with Crippen LogP contribution in [0.3, 0.4) is 0 Å². The molecule has 1 atom stereocenters. The van der Waals surface area contributed by atoms with Gasteiger partial charge in [0.2, 0.25) is 0 Å². The van der Waals surface area contributed by atoms with Gasteiger partial charge in [-0.05, 0) is 17.5 Å². The van der Waals surface area contributed by atoms with Gasteiger partial charge in [0.25, 0.3) is 0 Å². The molecular weight excluding hydrogens is 162 g/mol. The van der Waals surface area contributed by atoms with E-state index in [1.807, 2.05) is 31.2 Å². The number of hydrogen-bond acceptors (Lipinski definition) is 2. The number of nitrogens with two attached hydrogens (primary N) is 1. The average Bonchev–Trinajstić information content (AvgIpc) is 2.19. The lowest BCUT2D eigenvalue weighted by Gasteiger charge is -2.04. The summed E-state index contributed by atoms with van der Waals surface area (Å²) in [5.74, 6) is 0.101. The van der Waals surface area contributed by atoms with Gasteiger partial charge in [-0.25, -0.2) is 0 Å². The van der Waals surface area contributed by atoms with Crippen molar-refractivity contribution in [3.05, 3.63) is 35.4 Å². The Kier molecular flexibility index (Phi) is 3.65. The third-order valence-corrected chi connectivity index (χ3v) is 2.05. The van der Waals surface area contributed by atoms with Crippen LogP contribution in [0.4, 0.5) is 0 Å². The molecule has 0 saturated carbocycles. The van der Waals surface area contributed by atoms with E-state index in [0.29, 0.717) is 6.54 Å². The van der Waals surface area contributed by atoms with E-state index >= 15 is 0 Å². The molecule has 2 heteroatoms. The molecule has 70 valence electrons. The summed E-state index contributed by atoms with van der Waals surface area (Å²) in [4.78, 5) is 10.4. The molecule has 0 bridgehead atoms. The molecule has 0 aromatic heterocycles. The topological polar surface area (TPSA) is 43.1 Å². The highest BCUT2D eigenvalue weighted by molar-refractivity contribution is 5.53. The lowest BCUT2D eigenvalue weighted by Crippen LogP contribution is -2.01. The van der Waals surface area contributed by atoms with Crippen LogP contribution in [-0.2, 0) is 17.8 Å². The van der Waals surface area contributed by atoms with E-state index in [2.05, 4.69) is 0 Å². The molecule has 1 aromatic carbocycles. The second kappa shape index (κ2) is 4.77. The van der Waals surface area contributed by atoms with Crippen molar-refractivity contribution < 1.29 is 4.79 Å². The molecule has 13 heavy (non-hydrogen) atoms. The maximum Gasteiger partial charge on any atom is 0.123 e. The predicted octanol–water partition coefficient (Wildman–Crippen LogP) is 1.52. The molecule has 0 amide bonds. The van der Waals surface area contributed by atoms with Gasteiger partial charge >= 0.3 is 0 Å². The highest BCUT2D eigenvalue weighted by Crippen LogP contribution is 2.08. The Bertz CT molecular complexity index is 266. The van der Waals surface area contributed by atoms with Gasteiger partial charge in [0.05, 0.1) is 0 Å². The molecule has 0 saturated heterocycles. The van der Waals surface area contributed by atoms with Crippen LogP contribution in [0, 0.1) is 5.92 Å².